The Hall–Kier alpha value is -2.41. The van der Waals surface area contributed by atoms with Crippen LogP contribution in [-0.4, -0.2) is 33.0 Å². The van der Waals surface area contributed by atoms with Gasteiger partial charge in [0.2, 0.25) is 0 Å². The first-order valence-corrected chi connectivity index (χ1v) is 7.56. The summed E-state index contributed by atoms with van der Waals surface area (Å²) in [4.78, 5) is 46.8. The van der Waals surface area contributed by atoms with Gasteiger partial charge in [-0.2, -0.15) is 0 Å². The van der Waals surface area contributed by atoms with Crippen molar-refractivity contribution in [3.63, 3.8) is 0 Å². The summed E-state index contributed by atoms with van der Waals surface area (Å²) < 4.78 is 0. The Balaban J connectivity index is 2.60. The molecule has 1 fully saturated rings. The molecule has 0 unspecified atom stereocenters. The van der Waals surface area contributed by atoms with Gasteiger partial charge in [0.15, 0.2) is 0 Å². The summed E-state index contributed by atoms with van der Waals surface area (Å²) in [5, 5.41) is 21.4. The van der Waals surface area contributed by atoms with Crippen LogP contribution in [0, 0.1) is 22.0 Å². The summed E-state index contributed by atoms with van der Waals surface area (Å²) in [5.74, 6) is -3.95. The average molecular weight is 333 g/mol. The normalized spacial score (nSPS) is 30.0. The summed E-state index contributed by atoms with van der Waals surface area (Å²) in [6.45, 7) is 3.99. The molecule has 1 aliphatic carbocycles. The number of aliphatic hydroxyl groups is 1. The third-order valence-electron chi connectivity index (χ3n) is 4.63. The van der Waals surface area contributed by atoms with Crippen LogP contribution in [0.1, 0.15) is 38.7 Å². The Kier molecular flexibility index (Phi) is 4.66. The minimum absolute atomic E-state index is 0.133. The van der Waals surface area contributed by atoms with Crippen LogP contribution < -0.4 is 0 Å². The smallest absolute Gasteiger partial charge is 0.269 e. The van der Waals surface area contributed by atoms with Crippen LogP contribution in [-0.2, 0) is 14.4 Å². The number of nitro groups is 1. The molecule has 0 spiro atoms. The fourth-order valence-corrected chi connectivity index (χ4v) is 3.73. The molecule has 0 aliphatic heterocycles. The number of Topliss-reactive ketones (excluding diaryl/α,β-unsaturated/α-hetero) is 3. The van der Waals surface area contributed by atoms with Gasteiger partial charge in [-0.05, 0) is 26.3 Å². The lowest BCUT2D eigenvalue weighted by Gasteiger charge is -2.44. The number of nitro benzene ring substituents is 1. The highest BCUT2D eigenvalue weighted by Gasteiger charge is 2.53. The number of carbonyl (C=O) groups excluding carboxylic acids is 3. The Bertz CT molecular complexity index is 706. The maximum atomic E-state index is 12.4. The average Bonchev–Trinajstić information content (AvgIpc) is 2.44. The first-order valence-electron chi connectivity index (χ1n) is 7.56. The van der Waals surface area contributed by atoms with Gasteiger partial charge in [0.1, 0.15) is 17.3 Å². The quantitative estimate of drug-likeness (QED) is 0.510. The Morgan fingerprint density at radius 2 is 1.75 bits per heavy atom. The van der Waals surface area contributed by atoms with E-state index in [0.717, 1.165) is 0 Å². The van der Waals surface area contributed by atoms with E-state index >= 15 is 0 Å². The standard InChI is InChI=1S/C17H19NO6/c1-9(19)14-13(21)8-17(3,22)16(10(2)20)15(14)11-4-6-12(7-5-11)18(23)24/h4-7,14-16,22H,8H2,1-3H3/t14-,15+,16-,17-/m0/s1. The van der Waals surface area contributed by atoms with Gasteiger partial charge in [-0.15, -0.1) is 0 Å². The maximum Gasteiger partial charge on any atom is 0.269 e. The van der Waals surface area contributed by atoms with E-state index in [1.54, 1.807) is 0 Å². The van der Waals surface area contributed by atoms with Crippen molar-refractivity contribution in [2.24, 2.45) is 11.8 Å². The zero-order valence-corrected chi connectivity index (χ0v) is 13.7. The lowest BCUT2D eigenvalue weighted by atomic mass is 9.60. The second-order valence-corrected chi connectivity index (χ2v) is 6.55. The molecule has 1 N–H and O–H groups in total. The van der Waals surface area contributed by atoms with Crippen molar-refractivity contribution in [3.05, 3.63) is 39.9 Å². The number of hydrogen-bond donors (Lipinski definition) is 1. The highest BCUT2D eigenvalue weighted by atomic mass is 16.6. The number of carbonyl (C=O) groups is 3. The second kappa shape index (κ2) is 6.24. The predicted molar refractivity (Wildman–Crippen MR) is 84.4 cm³/mol. The number of hydrogen-bond acceptors (Lipinski definition) is 6. The van der Waals surface area contributed by atoms with Gasteiger partial charge in [0.05, 0.1) is 22.4 Å². The zero-order valence-electron chi connectivity index (χ0n) is 13.7. The highest BCUT2D eigenvalue weighted by Crippen LogP contribution is 2.46. The minimum atomic E-state index is -1.57. The summed E-state index contributed by atoms with van der Waals surface area (Å²) in [5.41, 5.74) is -1.25. The molecule has 0 amide bonds. The van der Waals surface area contributed by atoms with Crippen molar-refractivity contribution in [1.29, 1.82) is 0 Å². The number of ketones is 3. The number of benzene rings is 1. The minimum Gasteiger partial charge on any atom is -0.389 e. The molecule has 128 valence electrons. The fraction of sp³-hybridized carbons (Fsp3) is 0.471. The van der Waals surface area contributed by atoms with E-state index in [1.165, 1.54) is 45.0 Å². The van der Waals surface area contributed by atoms with Gasteiger partial charge < -0.3 is 5.11 Å². The molecule has 0 heterocycles. The van der Waals surface area contributed by atoms with E-state index in [0.29, 0.717) is 5.56 Å². The molecule has 2 rings (SSSR count). The third kappa shape index (κ3) is 3.12. The summed E-state index contributed by atoms with van der Waals surface area (Å²) in [6.07, 6.45) is -0.273. The third-order valence-corrected chi connectivity index (χ3v) is 4.63. The van der Waals surface area contributed by atoms with Crippen molar-refractivity contribution in [3.8, 4) is 0 Å². The van der Waals surface area contributed by atoms with Crippen LogP contribution >= 0.6 is 0 Å². The van der Waals surface area contributed by atoms with Gasteiger partial charge in [0, 0.05) is 24.5 Å². The summed E-state index contributed by atoms with van der Waals surface area (Å²) in [7, 11) is 0. The molecule has 0 bridgehead atoms. The molecular weight excluding hydrogens is 314 g/mol. The molecule has 7 heteroatoms. The van der Waals surface area contributed by atoms with Gasteiger partial charge in [0.25, 0.3) is 5.69 Å². The lowest BCUT2D eigenvalue weighted by Crippen LogP contribution is -2.53. The maximum absolute atomic E-state index is 12.4. The molecule has 1 aliphatic rings. The Labute approximate surface area is 138 Å². The molecule has 1 aromatic rings. The van der Waals surface area contributed by atoms with E-state index < -0.39 is 34.1 Å². The van der Waals surface area contributed by atoms with Gasteiger partial charge in [-0.3, -0.25) is 24.5 Å². The Morgan fingerprint density at radius 3 is 2.17 bits per heavy atom. The fourth-order valence-electron chi connectivity index (χ4n) is 3.73. The van der Waals surface area contributed by atoms with Crippen molar-refractivity contribution < 1.29 is 24.4 Å². The van der Waals surface area contributed by atoms with Crippen LogP contribution in [0.5, 0.6) is 0 Å². The monoisotopic (exact) mass is 333 g/mol. The van der Waals surface area contributed by atoms with E-state index in [2.05, 4.69) is 0 Å². The van der Waals surface area contributed by atoms with Crippen LogP contribution in [0.3, 0.4) is 0 Å². The molecular formula is C17H19NO6. The van der Waals surface area contributed by atoms with Crippen molar-refractivity contribution in [1.82, 2.24) is 0 Å². The number of rotatable bonds is 4. The highest BCUT2D eigenvalue weighted by molar-refractivity contribution is 6.05. The van der Waals surface area contributed by atoms with Crippen molar-refractivity contribution >= 4 is 23.0 Å². The van der Waals surface area contributed by atoms with Gasteiger partial charge in [-0.1, -0.05) is 12.1 Å². The summed E-state index contributed by atoms with van der Waals surface area (Å²) >= 11 is 0. The molecule has 4 atom stereocenters. The van der Waals surface area contributed by atoms with Crippen LogP contribution in [0.2, 0.25) is 0 Å². The van der Waals surface area contributed by atoms with Crippen LogP contribution in [0.25, 0.3) is 0 Å². The largest absolute Gasteiger partial charge is 0.389 e. The van der Waals surface area contributed by atoms with E-state index in [1.807, 2.05) is 0 Å². The van der Waals surface area contributed by atoms with Gasteiger partial charge >= 0.3 is 0 Å². The van der Waals surface area contributed by atoms with E-state index in [-0.39, 0.29) is 23.7 Å². The molecule has 7 nitrogen and oxygen atoms in total. The topological polar surface area (TPSA) is 115 Å². The predicted octanol–water partition coefficient (Wildman–Crippen LogP) is 1.81. The molecule has 1 aromatic carbocycles. The molecule has 24 heavy (non-hydrogen) atoms. The number of non-ortho nitro benzene ring substituents is 1. The first kappa shape index (κ1) is 17.9. The van der Waals surface area contributed by atoms with Crippen LogP contribution in [0.4, 0.5) is 5.69 Å². The van der Waals surface area contributed by atoms with Crippen molar-refractivity contribution in [2.75, 3.05) is 0 Å². The molecule has 0 saturated heterocycles. The second-order valence-electron chi connectivity index (χ2n) is 6.55. The van der Waals surface area contributed by atoms with E-state index in [9.17, 15) is 29.6 Å². The molecule has 1 saturated carbocycles. The zero-order chi connectivity index (χ0) is 18.2. The Morgan fingerprint density at radius 1 is 1.21 bits per heavy atom. The number of nitrogens with zero attached hydrogens (tertiary/aromatic N) is 1. The molecule has 0 aromatic heterocycles. The van der Waals surface area contributed by atoms with Gasteiger partial charge in [-0.25, -0.2) is 0 Å². The lowest BCUT2D eigenvalue weighted by molar-refractivity contribution is -0.384. The van der Waals surface area contributed by atoms with Crippen LogP contribution in [0.15, 0.2) is 24.3 Å². The molecule has 0 radical (unpaired) electrons. The first-order chi connectivity index (χ1) is 11.1. The SMILES string of the molecule is CC(=O)[C@H]1C(=O)C[C@](C)(O)[C@@H](C(C)=O)[C@@H]1c1ccc([N+](=O)[O-])cc1. The summed E-state index contributed by atoms with van der Waals surface area (Å²) in [6, 6.07) is 5.39. The van der Waals surface area contributed by atoms with Crippen molar-refractivity contribution in [2.45, 2.75) is 38.7 Å². The van der Waals surface area contributed by atoms with E-state index in [4.69, 9.17) is 0 Å².